The number of amides is 2. The Morgan fingerprint density at radius 1 is 1.00 bits per heavy atom. The highest BCUT2D eigenvalue weighted by Gasteiger charge is 2.17. The van der Waals surface area contributed by atoms with Crippen LogP contribution < -0.4 is 10.6 Å². The third-order valence-corrected chi connectivity index (χ3v) is 6.79. The Labute approximate surface area is 209 Å². The van der Waals surface area contributed by atoms with Crippen LogP contribution >= 0.6 is 23.1 Å². The molecule has 0 spiro atoms. The first kappa shape index (κ1) is 24.1. The van der Waals surface area contributed by atoms with Crippen LogP contribution in [0.2, 0.25) is 0 Å². The molecule has 0 saturated heterocycles. The molecule has 8 nitrogen and oxygen atoms in total. The number of carbonyl (C=O) groups excluding carboxylic acids is 2. The van der Waals surface area contributed by atoms with Crippen molar-refractivity contribution in [2.75, 3.05) is 10.6 Å². The predicted octanol–water partition coefficient (Wildman–Crippen LogP) is 6.09. The summed E-state index contributed by atoms with van der Waals surface area (Å²) < 4.78 is 0. The average Bonchev–Trinajstić information content (AvgIpc) is 3.34. The number of benzene rings is 3. The summed E-state index contributed by atoms with van der Waals surface area (Å²) in [6.07, 6.45) is 0. The lowest BCUT2D eigenvalue weighted by atomic mass is 10.2. The second kappa shape index (κ2) is 10.9. The van der Waals surface area contributed by atoms with Crippen molar-refractivity contribution < 1.29 is 14.5 Å². The second-order valence-corrected chi connectivity index (χ2v) is 9.71. The zero-order valence-electron chi connectivity index (χ0n) is 18.5. The fraction of sp³-hybridized carbons (Fsp3) is 0.0800. The summed E-state index contributed by atoms with van der Waals surface area (Å²) in [5.74, 6) is -0.604. The van der Waals surface area contributed by atoms with E-state index in [4.69, 9.17) is 0 Å². The largest absolute Gasteiger partial charge is 0.322 e. The molecule has 0 aliphatic carbocycles. The number of anilines is 2. The van der Waals surface area contributed by atoms with E-state index in [0.717, 1.165) is 16.2 Å². The van der Waals surface area contributed by atoms with Gasteiger partial charge in [0.15, 0.2) is 5.13 Å². The van der Waals surface area contributed by atoms with Crippen molar-refractivity contribution in [3.8, 4) is 11.3 Å². The van der Waals surface area contributed by atoms with Gasteiger partial charge in [0, 0.05) is 39.2 Å². The Hall–Kier alpha value is -4.02. The van der Waals surface area contributed by atoms with Crippen molar-refractivity contribution in [2.45, 2.75) is 17.1 Å². The maximum Gasteiger partial charge on any atom is 0.270 e. The van der Waals surface area contributed by atoms with Crippen molar-refractivity contribution in [3.05, 3.63) is 99.9 Å². The number of hydrogen-bond donors (Lipinski definition) is 2. The van der Waals surface area contributed by atoms with E-state index in [2.05, 4.69) is 15.6 Å². The fourth-order valence-electron chi connectivity index (χ4n) is 3.12. The molecule has 176 valence electrons. The normalized spacial score (nSPS) is 11.5. The van der Waals surface area contributed by atoms with E-state index in [1.54, 1.807) is 24.3 Å². The molecule has 1 atom stereocenters. The zero-order valence-corrected chi connectivity index (χ0v) is 20.1. The SMILES string of the molecule is CC(Sc1ccc(NC(=O)c2cccc([N+](=O)[O-])c2)cc1)C(=O)Nc1nc(-c2ccccc2)cs1. The summed E-state index contributed by atoms with van der Waals surface area (Å²) >= 11 is 2.76. The molecule has 10 heteroatoms. The molecule has 0 bridgehead atoms. The minimum absolute atomic E-state index is 0.147. The van der Waals surface area contributed by atoms with E-state index in [-0.39, 0.29) is 22.4 Å². The average molecular weight is 505 g/mol. The van der Waals surface area contributed by atoms with E-state index in [9.17, 15) is 19.7 Å². The number of non-ortho nitro benzene ring substituents is 1. The van der Waals surface area contributed by atoms with Gasteiger partial charge in [-0.3, -0.25) is 19.7 Å². The number of thiazole rings is 1. The predicted molar refractivity (Wildman–Crippen MR) is 139 cm³/mol. The summed E-state index contributed by atoms with van der Waals surface area (Å²) in [5, 5.41) is 18.6. The molecule has 0 aliphatic heterocycles. The van der Waals surface area contributed by atoms with Crippen LogP contribution in [0, 0.1) is 10.1 Å². The molecule has 0 radical (unpaired) electrons. The number of hydrogen-bond acceptors (Lipinski definition) is 7. The molecule has 35 heavy (non-hydrogen) atoms. The summed E-state index contributed by atoms with van der Waals surface area (Å²) in [7, 11) is 0. The fourth-order valence-corrected chi connectivity index (χ4v) is 4.71. The van der Waals surface area contributed by atoms with Crippen LogP contribution in [0.3, 0.4) is 0 Å². The van der Waals surface area contributed by atoms with Gasteiger partial charge < -0.3 is 10.6 Å². The third-order valence-electron chi connectivity index (χ3n) is 4.92. The zero-order chi connectivity index (χ0) is 24.8. The number of nitro benzene ring substituents is 1. The summed E-state index contributed by atoms with van der Waals surface area (Å²) in [6.45, 7) is 1.81. The number of rotatable bonds is 8. The smallest absolute Gasteiger partial charge is 0.270 e. The van der Waals surface area contributed by atoms with E-state index in [1.807, 2.05) is 42.6 Å². The van der Waals surface area contributed by atoms with Crippen molar-refractivity contribution in [3.63, 3.8) is 0 Å². The Morgan fingerprint density at radius 2 is 1.74 bits per heavy atom. The lowest BCUT2D eigenvalue weighted by molar-refractivity contribution is -0.384. The van der Waals surface area contributed by atoms with Crippen LogP contribution in [-0.2, 0) is 4.79 Å². The van der Waals surface area contributed by atoms with Crippen LogP contribution in [-0.4, -0.2) is 27.0 Å². The summed E-state index contributed by atoms with van der Waals surface area (Å²) in [6, 6.07) is 22.3. The van der Waals surface area contributed by atoms with Gasteiger partial charge in [0.1, 0.15) is 0 Å². The molecule has 1 heterocycles. The van der Waals surface area contributed by atoms with Crippen LogP contribution in [0.5, 0.6) is 0 Å². The number of thioether (sulfide) groups is 1. The lowest BCUT2D eigenvalue weighted by Crippen LogP contribution is -2.22. The highest BCUT2D eigenvalue weighted by Crippen LogP contribution is 2.28. The van der Waals surface area contributed by atoms with Gasteiger partial charge in [0.2, 0.25) is 5.91 Å². The van der Waals surface area contributed by atoms with Crippen molar-refractivity contribution in [1.82, 2.24) is 4.98 Å². The Bertz CT molecular complexity index is 1360. The van der Waals surface area contributed by atoms with Gasteiger partial charge in [-0.1, -0.05) is 36.4 Å². The maximum absolute atomic E-state index is 12.6. The van der Waals surface area contributed by atoms with Crippen LogP contribution in [0.1, 0.15) is 17.3 Å². The molecule has 2 amide bonds. The molecule has 0 saturated carbocycles. The number of nitrogens with zero attached hydrogens (tertiary/aromatic N) is 2. The van der Waals surface area contributed by atoms with Crippen molar-refractivity contribution in [1.29, 1.82) is 0 Å². The molecular formula is C25H20N4O4S2. The number of aromatic nitrogens is 1. The highest BCUT2D eigenvalue weighted by atomic mass is 32.2. The summed E-state index contributed by atoms with van der Waals surface area (Å²) in [5.41, 5.74) is 2.39. The minimum atomic E-state index is -0.545. The molecule has 0 fully saturated rings. The molecule has 2 N–H and O–H groups in total. The number of carbonyl (C=O) groups is 2. The molecular weight excluding hydrogens is 484 g/mol. The molecule has 4 rings (SSSR count). The molecule has 4 aromatic rings. The summed E-state index contributed by atoms with van der Waals surface area (Å²) in [4.78, 5) is 40.8. The maximum atomic E-state index is 12.6. The minimum Gasteiger partial charge on any atom is -0.322 e. The van der Waals surface area contributed by atoms with Gasteiger partial charge in [-0.25, -0.2) is 4.98 Å². The molecule has 1 unspecified atom stereocenters. The Morgan fingerprint density at radius 3 is 2.46 bits per heavy atom. The first-order chi connectivity index (χ1) is 16.9. The Balaban J connectivity index is 1.32. The van der Waals surface area contributed by atoms with Gasteiger partial charge >= 0.3 is 0 Å². The standard InChI is InChI=1S/C25H20N4O4S2/c1-16(23(30)28-25-27-22(15-34-25)17-6-3-2-4-7-17)35-21-12-10-19(11-13-21)26-24(31)18-8-5-9-20(14-18)29(32)33/h2-16H,1H3,(H,26,31)(H,27,28,30). The van der Waals surface area contributed by atoms with Crippen LogP contribution in [0.4, 0.5) is 16.5 Å². The van der Waals surface area contributed by atoms with Crippen LogP contribution in [0.25, 0.3) is 11.3 Å². The number of nitrogens with one attached hydrogen (secondary N) is 2. The number of nitro groups is 1. The van der Waals surface area contributed by atoms with Crippen molar-refractivity contribution >= 4 is 51.4 Å². The van der Waals surface area contributed by atoms with Gasteiger partial charge in [0.25, 0.3) is 11.6 Å². The first-order valence-corrected chi connectivity index (χ1v) is 12.3. The second-order valence-electron chi connectivity index (χ2n) is 7.44. The molecule has 3 aromatic carbocycles. The Kier molecular flexibility index (Phi) is 7.54. The molecule has 0 aliphatic rings. The quantitative estimate of drug-likeness (QED) is 0.170. The van der Waals surface area contributed by atoms with Crippen LogP contribution in [0.15, 0.2) is 89.1 Å². The van der Waals surface area contributed by atoms with Gasteiger partial charge in [0.05, 0.1) is 15.9 Å². The van der Waals surface area contributed by atoms with Crippen molar-refractivity contribution in [2.24, 2.45) is 0 Å². The highest BCUT2D eigenvalue weighted by molar-refractivity contribution is 8.00. The van der Waals surface area contributed by atoms with Gasteiger partial charge in [-0.05, 0) is 37.3 Å². The van der Waals surface area contributed by atoms with Gasteiger partial charge in [-0.2, -0.15) is 0 Å². The lowest BCUT2D eigenvalue weighted by Gasteiger charge is -2.11. The van der Waals surface area contributed by atoms with Gasteiger partial charge in [-0.15, -0.1) is 23.1 Å². The van der Waals surface area contributed by atoms with E-state index in [1.165, 1.54) is 47.4 Å². The van der Waals surface area contributed by atoms with E-state index >= 15 is 0 Å². The topological polar surface area (TPSA) is 114 Å². The first-order valence-electron chi connectivity index (χ1n) is 10.5. The third kappa shape index (κ3) is 6.31. The molecule has 1 aromatic heterocycles. The van der Waals surface area contributed by atoms with E-state index in [0.29, 0.717) is 10.8 Å². The van der Waals surface area contributed by atoms with E-state index < -0.39 is 10.8 Å². The monoisotopic (exact) mass is 504 g/mol.